The molecule has 7 atom stereocenters. The van der Waals surface area contributed by atoms with Crippen LogP contribution in [0.2, 0.25) is 0 Å². The molecule has 0 saturated carbocycles. The van der Waals surface area contributed by atoms with E-state index in [9.17, 15) is 24.6 Å². The van der Waals surface area contributed by atoms with E-state index in [2.05, 4.69) is 22.5 Å². The molecule has 2 aromatic rings. The molecule has 2 aromatic carbocycles. The van der Waals surface area contributed by atoms with Gasteiger partial charge in [0.25, 0.3) is 5.91 Å². The number of rotatable bonds is 7. The van der Waals surface area contributed by atoms with Crippen LogP contribution in [-0.2, 0) is 14.4 Å². The number of thioether (sulfide) groups is 1. The molecule has 3 saturated heterocycles. The number of hydrogen-bond acceptors (Lipinski definition) is 5. The van der Waals surface area contributed by atoms with Crippen LogP contribution in [0, 0.1) is 11.8 Å². The highest BCUT2D eigenvalue weighted by Crippen LogP contribution is 2.68. The summed E-state index contributed by atoms with van der Waals surface area (Å²) < 4.78 is -0.879. The molecular weight excluding hydrogens is 532 g/mol. The number of aliphatic hydroxyl groups is 1. The molecule has 2 bridgehead atoms. The molecule has 5 rings (SSSR count). The maximum Gasteiger partial charge on any atom is 0.308 e. The molecule has 7 nitrogen and oxygen atoms in total. The van der Waals surface area contributed by atoms with Crippen LogP contribution in [0.5, 0.6) is 0 Å². The first-order valence-corrected chi connectivity index (χ1v) is 13.4. The first-order valence-electron chi connectivity index (χ1n) is 11.6. The smallest absolute Gasteiger partial charge is 0.308 e. The number of carbonyl (C=O) groups is 3. The minimum Gasteiger partial charge on any atom is -0.481 e. The van der Waals surface area contributed by atoms with Crippen molar-refractivity contribution in [3.63, 3.8) is 0 Å². The number of hydrogen-bond donors (Lipinski definition) is 2. The number of aliphatic carboxylic acids is 1. The fourth-order valence-corrected chi connectivity index (χ4v) is 9.72. The maximum atomic E-state index is 14.4. The number of amides is 2. The summed E-state index contributed by atoms with van der Waals surface area (Å²) in [6.45, 7) is 5.45. The quantitative estimate of drug-likeness (QED) is 0.399. The second kappa shape index (κ2) is 8.94. The van der Waals surface area contributed by atoms with Gasteiger partial charge in [-0.25, -0.2) is 0 Å². The highest BCUT2D eigenvalue weighted by molar-refractivity contribution is 9.09. The van der Waals surface area contributed by atoms with Crippen molar-refractivity contribution in [3.05, 3.63) is 55.1 Å². The van der Waals surface area contributed by atoms with E-state index in [0.717, 1.165) is 10.8 Å². The van der Waals surface area contributed by atoms with Crippen LogP contribution in [-0.4, -0.2) is 73.0 Å². The summed E-state index contributed by atoms with van der Waals surface area (Å²) in [6, 6.07) is 12.1. The van der Waals surface area contributed by atoms with E-state index in [0.29, 0.717) is 12.1 Å². The summed E-state index contributed by atoms with van der Waals surface area (Å²) in [4.78, 5) is 43.3. The average molecular weight is 559 g/mol. The molecule has 184 valence electrons. The Hall–Kier alpha value is -2.36. The van der Waals surface area contributed by atoms with E-state index >= 15 is 0 Å². The van der Waals surface area contributed by atoms with Crippen LogP contribution in [0.15, 0.2) is 55.1 Å². The van der Waals surface area contributed by atoms with E-state index in [1.54, 1.807) is 17.9 Å². The minimum absolute atomic E-state index is 0.120. The number of aliphatic hydroxyl groups excluding tert-OH is 1. The van der Waals surface area contributed by atoms with E-state index < -0.39 is 34.6 Å². The second-order valence-corrected chi connectivity index (χ2v) is 12.3. The van der Waals surface area contributed by atoms with Gasteiger partial charge in [0, 0.05) is 22.3 Å². The molecule has 0 aromatic heterocycles. The van der Waals surface area contributed by atoms with Gasteiger partial charge in [-0.15, -0.1) is 18.3 Å². The molecule has 3 heterocycles. The van der Waals surface area contributed by atoms with Crippen LogP contribution in [0.25, 0.3) is 10.8 Å². The van der Waals surface area contributed by atoms with Gasteiger partial charge >= 0.3 is 5.97 Å². The second-order valence-electron chi connectivity index (χ2n) is 9.55. The Morgan fingerprint density at radius 1 is 1.31 bits per heavy atom. The molecule has 1 spiro atoms. The zero-order chi connectivity index (χ0) is 25.1. The summed E-state index contributed by atoms with van der Waals surface area (Å²) in [6.07, 6.45) is 2.15. The largest absolute Gasteiger partial charge is 0.481 e. The van der Waals surface area contributed by atoms with Crippen LogP contribution in [0.1, 0.15) is 13.3 Å². The van der Waals surface area contributed by atoms with Gasteiger partial charge in [0.15, 0.2) is 0 Å². The Labute approximate surface area is 216 Å². The van der Waals surface area contributed by atoms with Crippen molar-refractivity contribution in [2.24, 2.45) is 11.8 Å². The molecule has 3 unspecified atom stereocenters. The molecule has 3 aliphatic heterocycles. The topological polar surface area (TPSA) is 98.2 Å². The van der Waals surface area contributed by atoms with Crippen molar-refractivity contribution >= 4 is 61.9 Å². The number of carboxylic acids is 1. The number of halogens is 1. The highest BCUT2D eigenvalue weighted by atomic mass is 79.9. The SMILES string of the molecule is C=CCN(C(=O)C1N([C@H](C)CO)C(=O)[C@@H]2[C@@H](C(=O)O)[C@@H]3SC12CC3Br)c1ccc2ccccc2c1. The average Bonchev–Trinajstić information content (AvgIpc) is 3.44. The van der Waals surface area contributed by atoms with Gasteiger partial charge in [0.2, 0.25) is 5.91 Å². The lowest BCUT2D eigenvalue weighted by atomic mass is 9.71. The summed E-state index contributed by atoms with van der Waals surface area (Å²) in [7, 11) is 0. The first-order chi connectivity index (χ1) is 16.7. The predicted octanol–water partition coefficient (Wildman–Crippen LogP) is 3.29. The van der Waals surface area contributed by atoms with Crippen LogP contribution in [0.3, 0.4) is 0 Å². The Balaban J connectivity index is 1.62. The lowest BCUT2D eigenvalue weighted by Crippen LogP contribution is -2.57. The standard InChI is InChI=1S/C26H27BrN2O5S/c1-3-10-28(17-9-8-15-6-4-5-7-16(15)11-17)24(32)22-26-12-18(27)21(35-26)19(25(33)34)20(26)23(31)29(22)14(2)13-30/h3-9,11,14,18-22,30H,1,10,12-13H2,2H3,(H,33,34)/t14-,18?,19-,20+,21-,22?,26?/m1/s1. The summed E-state index contributed by atoms with van der Waals surface area (Å²) in [5, 5.41) is 21.7. The molecule has 3 fully saturated rings. The van der Waals surface area contributed by atoms with Crippen LogP contribution >= 0.6 is 27.7 Å². The molecule has 3 aliphatic rings. The van der Waals surface area contributed by atoms with Crippen molar-refractivity contribution in [2.45, 2.75) is 40.3 Å². The highest BCUT2D eigenvalue weighted by Gasteiger charge is 2.76. The van der Waals surface area contributed by atoms with E-state index in [-0.39, 0.29) is 35.0 Å². The van der Waals surface area contributed by atoms with Gasteiger partial charge in [-0.2, -0.15) is 0 Å². The third-order valence-electron chi connectivity index (χ3n) is 7.61. The molecule has 2 amide bonds. The fraction of sp³-hybridized carbons (Fsp3) is 0.423. The van der Waals surface area contributed by atoms with E-state index in [1.807, 2.05) is 42.5 Å². The number of anilines is 1. The molecule has 35 heavy (non-hydrogen) atoms. The molecular formula is C26H27BrN2O5S. The normalized spacial score (nSPS) is 32.0. The summed E-state index contributed by atoms with van der Waals surface area (Å²) in [5.74, 6) is -3.35. The van der Waals surface area contributed by atoms with Crippen molar-refractivity contribution in [2.75, 3.05) is 18.1 Å². The zero-order valence-corrected chi connectivity index (χ0v) is 21.6. The van der Waals surface area contributed by atoms with Gasteiger partial charge in [0.05, 0.1) is 29.2 Å². The lowest BCUT2D eigenvalue weighted by molar-refractivity contribution is -0.149. The number of fused-ring (bicyclic) bond motifs is 2. The van der Waals surface area contributed by atoms with Gasteiger partial charge in [-0.3, -0.25) is 14.4 Å². The van der Waals surface area contributed by atoms with Crippen LogP contribution in [0.4, 0.5) is 5.69 Å². The minimum atomic E-state index is -1.02. The van der Waals surface area contributed by atoms with E-state index in [4.69, 9.17) is 0 Å². The summed E-state index contributed by atoms with van der Waals surface area (Å²) in [5.41, 5.74) is 0.681. The molecule has 2 N–H and O–H groups in total. The van der Waals surface area contributed by atoms with Crippen molar-refractivity contribution in [3.8, 4) is 0 Å². The maximum absolute atomic E-state index is 14.4. The van der Waals surface area contributed by atoms with Crippen molar-refractivity contribution in [1.29, 1.82) is 0 Å². The lowest BCUT2D eigenvalue weighted by Gasteiger charge is -2.39. The predicted molar refractivity (Wildman–Crippen MR) is 140 cm³/mol. The Morgan fingerprint density at radius 2 is 2.03 bits per heavy atom. The van der Waals surface area contributed by atoms with Crippen molar-refractivity contribution in [1.82, 2.24) is 4.90 Å². The van der Waals surface area contributed by atoms with Gasteiger partial charge < -0.3 is 20.0 Å². The number of carbonyl (C=O) groups excluding carboxylic acids is 2. The Morgan fingerprint density at radius 3 is 2.69 bits per heavy atom. The number of benzene rings is 2. The Bertz CT molecular complexity index is 1220. The van der Waals surface area contributed by atoms with E-state index in [1.165, 1.54) is 16.7 Å². The molecule has 0 radical (unpaired) electrons. The zero-order valence-electron chi connectivity index (χ0n) is 19.2. The molecule has 9 heteroatoms. The third kappa shape index (κ3) is 3.54. The number of likely N-dealkylation sites (tertiary alicyclic amines) is 1. The number of alkyl halides is 1. The van der Waals surface area contributed by atoms with Crippen molar-refractivity contribution < 1.29 is 24.6 Å². The third-order valence-corrected chi connectivity index (χ3v) is 10.8. The Kier molecular flexibility index (Phi) is 6.22. The van der Waals surface area contributed by atoms with Crippen LogP contribution < -0.4 is 4.90 Å². The fourth-order valence-electron chi connectivity index (χ4n) is 6.14. The van der Waals surface area contributed by atoms with Gasteiger partial charge in [-0.05, 0) is 36.2 Å². The number of nitrogens with zero attached hydrogens (tertiary/aromatic N) is 2. The van der Waals surface area contributed by atoms with Gasteiger partial charge in [0.1, 0.15) is 6.04 Å². The first kappa shape index (κ1) is 24.3. The monoisotopic (exact) mass is 558 g/mol. The van der Waals surface area contributed by atoms with Gasteiger partial charge in [-0.1, -0.05) is 52.3 Å². The summed E-state index contributed by atoms with van der Waals surface area (Å²) >= 11 is 5.10. The molecule has 0 aliphatic carbocycles. The number of carboxylic acid groups (broad SMARTS) is 1.